The molecule has 26 heavy (non-hydrogen) atoms. The van der Waals surface area contributed by atoms with Crippen LogP contribution in [0.5, 0.6) is 0 Å². The van der Waals surface area contributed by atoms with Gasteiger partial charge in [-0.15, -0.1) is 12.4 Å². The maximum Gasteiger partial charge on any atom is 0.242 e. The van der Waals surface area contributed by atoms with Gasteiger partial charge in [-0.05, 0) is 44.4 Å². The number of amides is 1. The Morgan fingerprint density at radius 2 is 2.15 bits per heavy atom. The molecule has 3 N–H and O–H groups in total. The lowest BCUT2D eigenvalue weighted by molar-refractivity contribution is -0.138. The van der Waals surface area contributed by atoms with Crippen molar-refractivity contribution >= 4 is 28.3 Å². The molecule has 1 aromatic rings. The fourth-order valence-corrected chi connectivity index (χ4v) is 4.46. The summed E-state index contributed by atoms with van der Waals surface area (Å²) in [4.78, 5) is 14.1. The fourth-order valence-electron chi connectivity index (χ4n) is 3.17. The average molecular weight is 408 g/mol. The van der Waals surface area contributed by atoms with Crippen LogP contribution < -0.4 is 10.5 Å². The van der Waals surface area contributed by atoms with Crippen LogP contribution in [-0.4, -0.2) is 43.9 Å². The van der Waals surface area contributed by atoms with Gasteiger partial charge in [0.1, 0.15) is 5.82 Å². The molecule has 6 nitrogen and oxygen atoms in total. The molecule has 9 heteroatoms. The number of nitrogens with zero attached hydrogens (tertiary/aromatic N) is 1. The van der Waals surface area contributed by atoms with E-state index in [9.17, 15) is 17.6 Å². The Morgan fingerprint density at radius 1 is 1.46 bits per heavy atom. The van der Waals surface area contributed by atoms with Crippen LogP contribution in [0.15, 0.2) is 29.2 Å². The van der Waals surface area contributed by atoms with Crippen LogP contribution in [0.3, 0.4) is 0 Å². The number of hydrogen-bond donors (Lipinski definition) is 2. The molecule has 1 fully saturated rings. The topological polar surface area (TPSA) is 92.5 Å². The number of nitrogens with two attached hydrogens (primary N) is 1. The number of sulfonamides is 1. The van der Waals surface area contributed by atoms with Crippen LogP contribution in [0.4, 0.5) is 4.39 Å². The number of nitrogens with one attached hydrogen (secondary N) is 1. The standard InChI is InChI=1S/C17H26FN3O3S.ClH/c1-3-9-17(2,19)16(22)21-10-5-7-14(12-21)20-25(23,24)15-8-4-6-13(18)11-15;/h4,6,8,11,14,20H,3,5,7,9-10,12,19H2,1-2H3;1H. The molecule has 2 unspecified atom stereocenters. The molecule has 0 bridgehead atoms. The van der Waals surface area contributed by atoms with E-state index >= 15 is 0 Å². The fraction of sp³-hybridized carbons (Fsp3) is 0.588. The molecule has 1 aromatic carbocycles. The van der Waals surface area contributed by atoms with Crippen molar-refractivity contribution in [2.45, 2.75) is 56.0 Å². The van der Waals surface area contributed by atoms with E-state index in [4.69, 9.17) is 5.73 Å². The van der Waals surface area contributed by atoms with Gasteiger partial charge < -0.3 is 10.6 Å². The van der Waals surface area contributed by atoms with Crippen molar-refractivity contribution in [1.29, 1.82) is 0 Å². The van der Waals surface area contributed by atoms with Gasteiger partial charge in [-0.25, -0.2) is 17.5 Å². The molecule has 2 atom stereocenters. The van der Waals surface area contributed by atoms with Crippen molar-refractivity contribution in [1.82, 2.24) is 9.62 Å². The second kappa shape index (κ2) is 9.12. The molecule has 1 aliphatic rings. The molecule has 2 rings (SSSR count). The van der Waals surface area contributed by atoms with Gasteiger partial charge in [-0.1, -0.05) is 19.4 Å². The highest BCUT2D eigenvalue weighted by Gasteiger charge is 2.35. The van der Waals surface area contributed by atoms with Crippen molar-refractivity contribution in [3.05, 3.63) is 30.1 Å². The monoisotopic (exact) mass is 407 g/mol. The predicted octanol–water partition coefficient (Wildman–Crippen LogP) is 2.03. The molecular formula is C17H27ClFN3O3S. The smallest absolute Gasteiger partial charge is 0.242 e. The van der Waals surface area contributed by atoms with Gasteiger partial charge in [0.15, 0.2) is 0 Å². The predicted molar refractivity (Wildman–Crippen MR) is 101 cm³/mol. The van der Waals surface area contributed by atoms with E-state index in [1.165, 1.54) is 18.2 Å². The summed E-state index contributed by atoms with van der Waals surface area (Å²) in [5.74, 6) is -0.772. The van der Waals surface area contributed by atoms with Gasteiger partial charge in [0, 0.05) is 19.1 Å². The molecular weight excluding hydrogens is 381 g/mol. The van der Waals surface area contributed by atoms with E-state index in [-0.39, 0.29) is 29.8 Å². The molecule has 1 heterocycles. The third-order valence-electron chi connectivity index (χ3n) is 4.39. The zero-order valence-electron chi connectivity index (χ0n) is 15.1. The Morgan fingerprint density at radius 3 is 2.77 bits per heavy atom. The maximum absolute atomic E-state index is 13.3. The van der Waals surface area contributed by atoms with E-state index in [0.717, 1.165) is 12.5 Å². The normalized spacial score (nSPS) is 20.2. The summed E-state index contributed by atoms with van der Waals surface area (Å²) in [6.45, 7) is 4.50. The van der Waals surface area contributed by atoms with Crippen LogP contribution in [-0.2, 0) is 14.8 Å². The number of carbonyl (C=O) groups excluding carboxylic acids is 1. The highest BCUT2D eigenvalue weighted by molar-refractivity contribution is 7.89. The van der Waals surface area contributed by atoms with Gasteiger partial charge in [0.2, 0.25) is 15.9 Å². The van der Waals surface area contributed by atoms with Crippen LogP contribution in [0, 0.1) is 5.82 Å². The van der Waals surface area contributed by atoms with E-state index < -0.39 is 27.4 Å². The lowest BCUT2D eigenvalue weighted by Gasteiger charge is -2.37. The highest BCUT2D eigenvalue weighted by atomic mass is 35.5. The Hall–Kier alpha value is -1.22. The number of benzene rings is 1. The molecule has 148 valence electrons. The summed E-state index contributed by atoms with van der Waals surface area (Å²) in [6.07, 6.45) is 2.67. The van der Waals surface area contributed by atoms with Gasteiger partial charge in [0.05, 0.1) is 10.4 Å². The van der Waals surface area contributed by atoms with Crippen LogP contribution in [0.2, 0.25) is 0 Å². The van der Waals surface area contributed by atoms with Gasteiger partial charge in [-0.2, -0.15) is 0 Å². The molecule has 0 aromatic heterocycles. The largest absolute Gasteiger partial charge is 0.340 e. The number of carbonyl (C=O) groups is 1. The number of rotatable bonds is 6. The van der Waals surface area contributed by atoms with Crippen LogP contribution >= 0.6 is 12.4 Å². The van der Waals surface area contributed by atoms with Crippen LogP contribution in [0.25, 0.3) is 0 Å². The Bertz CT molecular complexity index is 728. The van der Waals surface area contributed by atoms with Crippen molar-refractivity contribution in [3.8, 4) is 0 Å². The first-order valence-corrected chi connectivity index (χ1v) is 10.00. The first-order valence-electron chi connectivity index (χ1n) is 8.52. The van der Waals surface area contributed by atoms with Gasteiger partial charge >= 0.3 is 0 Å². The van der Waals surface area contributed by atoms with E-state index in [1.807, 2.05) is 6.92 Å². The van der Waals surface area contributed by atoms with E-state index in [2.05, 4.69) is 4.72 Å². The molecule has 0 spiro atoms. The minimum atomic E-state index is -3.84. The summed E-state index contributed by atoms with van der Waals surface area (Å²) < 4.78 is 40.7. The summed E-state index contributed by atoms with van der Waals surface area (Å²) in [7, 11) is -3.84. The summed E-state index contributed by atoms with van der Waals surface area (Å²) >= 11 is 0. The molecule has 0 radical (unpaired) electrons. The zero-order chi connectivity index (χ0) is 18.7. The molecule has 0 saturated carbocycles. The third-order valence-corrected chi connectivity index (χ3v) is 5.91. The molecule has 0 aliphatic carbocycles. The third kappa shape index (κ3) is 5.64. The Balaban J connectivity index is 0.00000338. The number of piperidine rings is 1. The maximum atomic E-state index is 13.3. The van der Waals surface area contributed by atoms with Crippen molar-refractivity contribution < 1.29 is 17.6 Å². The quantitative estimate of drug-likeness (QED) is 0.754. The minimum absolute atomic E-state index is 0. The van der Waals surface area contributed by atoms with Gasteiger partial charge in [-0.3, -0.25) is 4.79 Å². The number of hydrogen-bond acceptors (Lipinski definition) is 4. The van der Waals surface area contributed by atoms with E-state index in [0.29, 0.717) is 25.8 Å². The Kier molecular flexibility index (Phi) is 8.01. The molecule has 1 saturated heterocycles. The number of halogens is 2. The first kappa shape index (κ1) is 22.8. The lowest BCUT2D eigenvalue weighted by Crippen LogP contribution is -2.58. The second-order valence-electron chi connectivity index (χ2n) is 6.84. The average Bonchev–Trinajstić information content (AvgIpc) is 2.54. The first-order chi connectivity index (χ1) is 11.7. The second-order valence-corrected chi connectivity index (χ2v) is 8.55. The van der Waals surface area contributed by atoms with Crippen molar-refractivity contribution in [2.24, 2.45) is 5.73 Å². The summed E-state index contributed by atoms with van der Waals surface area (Å²) in [5, 5.41) is 0. The minimum Gasteiger partial charge on any atom is -0.340 e. The van der Waals surface area contributed by atoms with Crippen molar-refractivity contribution in [2.75, 3.05) is 13.1 Å². The van der Waals surface area contributed by atoms with Crippen molar-refractivity contribution in [3.63, 3.8) is 0 Å². The zero-order valence-corrected chi connectivity index (χ0v) is 16.7. The number of likely N-dealkylation sites (tertiary alicyclic amines) is 1. The SMILES string of the molecule is CCCC(C)(N)C(=O)N1CCCC(NS(=O)(=O)c2cccc(F)c2)C1.Cl. The van der Waals surface area contributed by atoms with E-state index in [1.54, 1.807) is 11.8 Å². The van der Waals surface area contributed by atoms with Gasteiger partial charge in [0.25, 0.3) is 0 Å². The van der Waals surface area contributed by atoms with Crippen LogP contribution in [0.1, 0.15) is 39.5 Å². The summed E-state index contributed by atoms with van der Waals surface area (Å²) in [5.41, 5.74) is 5.16. The molecule has 1 amide bonds. The summed E-state index contributed by atoms with van der Waals surface area (Å²) in [6, 6.07) is 4.45. The Labute approximate surface area is 160 Å². The highest BCUT2D eigenvalue weighted by Crippen LogP contribution is 2.19. The molecule has 1 aliphatic heterocycles. The lowest BCUT2D eigenvalue weighted by atomic mass is 9.94.